The molecular formula is C12H12FN3O2. The van der Waals surface area contributed by atoms with Crippen LogP contribution in [0.25, 0.3) is 0 Å². The number of anilines is 1. The molecule has 6 heteroatoms. The van der Waals surface area contributed by atoms with Crippen molar-refractivity contribution in [3.63, 3.8) is 0 Å². The van der Waals surface area contributed by atoms with E-state index in [0.29, 0.717) is 26.1 Å². The van der Waals surface area contributed by atoms with Crippen LogP contribution < -0.4 is 5.32 Å². The van der Waals surface area contributed by atoms with Gasteiger partial charge in [-0.25, -0.2) is 4.39 Å². The zero-order chi connectivity index (χ0) is 13.0. The number of ether oxygens (including phenoxy) is 1. The number of nitrogens with one attached hydrogen (secondary N) is 1. The van der Waals surface area contributed by atoms with E-state index in [4.69, 9.17) is 4.74 Å². The van der Waals surface area contributed by atoms with Gasteiger partial charge in [0.25, 0.3) is 0 Å². The summed E-state index contributed by atoms with van der Waals surface area (Å²) in [4.78, 5) is 15.7. The summed E-state index contributed by atoms with van der Waals surface area (Å²) >= 11 is 0. The van der Waals surface area contributed by atoms with E-state index < -0.39 is 17.1 Å². The molecule has 0 radical (unpaired) electrons. The molecule has 1 saturated heterocycles. The Morgan fingerprint density at radius 3 is 2.89 bits per heavy atom. The summed E-state index contributed by atoms with van der Waals surface area (Å²) in [7, 11) is 0. The summed E-state index contributed by atoms with van der Waals surface area (Å²) in [5.41, 5.74) is -1.09. The molecule has 0 saturated carbocycles. The van der Waals surface area contributed by atoms with Gasteiger partial charge in [0.05, 0.1) is 18.0 Å². The van der Waals surface area contributed by atoms with Gasteiger partial charge in [0, 0.05) is 19.4 Å². The predicted octanol–water partition coefficient (Wildman–Crippen LogP) is 1.48. The average molecular weight is 249 g/mol. The third-order valence-corrected chi connectivity index (χ3v) is 3.02. The lowest BCUT2D eigenvalue weighted by Gasteiger charge is -2.29. The Morgan fingerprint density at radius 1 is 1.56 bits per heavy atom. The summed E-state index contributed by atoms with van der Waals surface area (Å²) in [5, 5.41) is 11.6. The molecule has 0 spiro atoms. The number of pyridine rings is 1. The highest BCUT2D eigenvalue weighted by Crippen LogP contribution is 2.31. The normalized spacial score (nSPS) is 17.8. The molecule has 0 atom stereocenters. The Bertz CT molecular complexity index is 492. The largest absolute Gasteiger partial charge is 0.381 e. The molecule has 2 heterocycles. The lowest BCUT2D eigenvalue weighted by Crippen LogP contribution is -2.40. The van der Waals surface area contributed by atoms with Crippen LogP contribution in [-0.2, 0) is 9.53 Å². The summed E-state index contributed by atoms with van der Waals surface area (Å²) < 4.78 is 18.5. The number of aromatic nitrogens is 1. The molecule has 1 aliphatic rings. The van der Waals surface area contributed by atoms with Gasteiger partial charge in [-0.15, -0.1) is 0 Å². The number of halogens is 1. The molecule has 1 fully saturated rings. The quantitative estimate of drug-likeness (QED) is 0.861. The molecule has 94 valence electrons. The highest BCUT2D eigenvalue weighted by molar-refractivity contribution is 5.97. The van der Waals surface area contributed by atoms with Crippen LogP contribution in [0.2, 0.25) is 0 Å². The van der Waals surface area contributed by atoms with E-state index in [1.165, 1.54) is 12.3 Å². The number of amides is 1. The molecule has 1 aliphatic heterocycles. The third kappa shape index (κ3) is 2.31. The molecule has 1 N–H and O–H groups in total. The molecule has 2 rings (SSSR count). The van der Waals surface area contributed by atoms with Gasteiger partial charge in [-0.3, -0.25) is 9.78 Å². The number of carbonyl (C=O) groups excluding carboxylic acids is 1. The number of rotatable bonds is 2. The van der Waals surface area contributed by atoms with Gasteiger partial charge in [0.2, 0.25) is 5.91 Å². The number of hydrogen-bond acceptors (Lipinski definition) is 4. The van der Waals surface area contributed by atoms with Crippen molar-refractivity contribution in [3.8, 4) is 6.07 Å². The number of nitriles is 1. The zero-order valence-electron chi connectivity index (χ0n) is 9.65. The van der Waals surface area contributed by atoms with Gasteiger partial charge in [-0.1, -0.05) is 0 Å². The van der Waals surface area contributed by atoms with Gasteiger partial charge in [-0.05, 0) is 18.9 Å². The van der Waals surface area contributed by atoms with Crippen LogP contribution in [0.15, 0.2) is 18.5 Å². The first-order chi connectivity index (χ1) is 8.68. The van der Waals surface area contributed by atoms with Gasteiger partial charge >= 0.3 is 0 Å². The Balaban J connectivity index is 2.16. The molecule has 0 bridgehead atoms. The average Bonchev–Trinajstić information content (AvgIpc) is 2.42. The van der Waals surface area contributed by atoms with Gasteiger partial charge < -0.3 is 10.1 Å². The highest BCUT2D eigenvalue weighted by atomic mass is 19.1. The van der Waals surface area contributed by atoms with Gasteiger partial charge in [0.15, 0.2) is 5.82 Å². The smallest absolute Gasteiger partial charge is 0.245 e. The minimum Gasteiger partial charge on any atom is -0.381 e. The van der Waals surface area contributed by atoms with Crippen molar-refractivity contribution in [2.45, 2.75) is 12.8 Å². The van der Waals surface area contributed by atoms with Crippen molar-refractivity contribution in [2.24, 2.45) is 5.41 Å². The third-order valence-electron chi connectivity index (χ3n) is 3.02. The molecule has 1 amide bonds. The molecule has 1 aromatic heterocycles. The summed E-state index contributed by atoms with van der Waals surface area (Å²) in [6, 6.07) is 3.39. The fraction of sp³-hybridized carbons (Fsp3) is 0.417. The van der Waals surface area contributed by atoms with E-state index in [-0.39, 0.29) is 5.69 Å². The molecule has 0 unspecified atom stereocenters. The minimum absolute atomic E-state index is 0.0381. The molecule has 0 aliphatic carbocycles. The Hall–Kier alpha value is -2.00. The maximum absolute atomic E-state index is 13.4. The first-order valence-electron chi connectivity index (χ1n) is 5.58. The second-order valence-corrected chi connectivity index (χ2v) is 4.12. The Kier molecular flexibility index (Phi) is 3.53. The van der Waals surface area contributed by atoms with Crippen LogP contribution in [0, 0.1) is 22.6 Å². The monoisotopic (exact) mass is 249 g/mol. The fourth-order valence-electron chi connectivity index (χ4n) is 1.83. The zero-order valence-corrected chi connectivity index (χ0v) is 9.65. The lowest BCUT2D eigenvalue weighted by molar-refractivity contribution is -0.126. The van der Waals surface area contributed by atoms with Gasteiger partial charge in [-0.2, -0.15) is 5.26 Å². The van der Waals surface area contributed by atoms with Crippen LogP contribution in [0.5, 0.6) is 0 Å². The summed E-state index contributed by atoms with van der Waals surface area (Å²) in [6.07, 6.45) is 3.03. The fourth-order valence-corrected chi connectivity index (χ4v) is 1.83. The van der Waals surface area contributed by atoms with Crippen LogP contribution in [-0.4, -0.2) is 24.1 Å². The Labute approximate surface area is 104 Å². The second-order valence-electron chi connectivity index (χ2n) is 4.12. The molecule has 1 aromatic rings. The maximum atomic E-state index is 13.4. The number of hydrogen-bond donors (Lipinski definition) is 1. The van der Waals surface area contributed by atoms with Crippen molar-refractivity contribution >= 4 is 11.6 Å². The molecule has 0 aromatic carbocycles. The van der Waals surface area contributed by atoms with Crippen molar-refractivity contribution in [2.75, 3.05) is 18.5 Å². The second kappa shape index (κ2) is 5.10. The first-order valence-corrected chi connectivity index (χ1v) is 5.58. The molecular weight excluding hydrogens is 237 g/mol. The van der Waals surface area contributed by atoms with E-state index in [9.17, 15) is 14.4 Å². The van der Waals surface area contributed by atoms with Crippen molar-refractivity contribution in [1.29, 1.82) is 5.26 Å². The van der Waals surface area contributed by atoms with E-state index in [0.717, 1.165) is 6.20 Å². The van der Waals surface area contributed by atoms with Crippen molar-refractivity contribution in [3.05, 3.63) is 24.3 Å². The van der Waals surface area contributed by atoms with E-state index >= 15 is 0 Å². The van der Waals surface area contributed by atoms with Crippen LogP contribution >= 0.6 is 0 Å². The van der Waals surface area contributed by atoms with Crippen LogP contribution in [0.4, 0.5) is 10.1 Å². The number of nitrogens with zero attached hydrogens (tertiary/aromatic N) is 2. The van der Waals surface area contributed by atoms with E-state index in [1.54, 1.807) is 0 Å². The van der Waals surface area contributed by atoms with Crippen LogP contribution in [0.3, 0.4) is 0 Å². The van der Waals surface area contributed by atoms with Gasteiger partial charge in [0.1, 0.15) is 5.41 Å². The standard InChI is InChI=1S/C12H12FN3O2/c13-9-7-15-4-1-10(9)16-11(17)12(8-14)2-5-18-6-3-12/h1,4,7H,2-3,5-6H2,(H,15,16,17). The topological polar surface area (TPSA) is 75.0 Å². The SMILES string of the molecule is N#CC1(C(=O)Nc2ccncc2F)CCOCC1. The Morgan fingerprint density at radius 2 is 2.28 bits per heavy atom. The van der Waals surface area contributed by atoms with Crippen molar-refractivity contribution < 1.29 is 13.9 Å². The lowest BCUT2D eigenvalue weighted by atomic mass is 9.81. The predicted molar refractivity (Wildman–Crippen MR) is 60.9 cm³/mol. The van der Waals surface area contributed by atoms with E-state index in [2.05, 4.69) is 10.3 Å². The first kappa shape index (κ1) is 12.5. The summed E-state index contributed by atoms with van der Waals surface area (Å²) in [6.45, 7) is 0.722. The number of carbonyl (C=O) groups is 1. The highest BCUT2D eigenvalue weighted by Gasteiger charge is 2.40. The minimum atomic E-state index is -1.13. The van der Waals surface area contributed by atoms with Crippen molar-refractivity contribution in [1.82, 2.24) is 4.98 Å². The molecule has 5 nitrogen and oxygen atoms in total. The van der Waals surface area contributed by atoms with E-state index in [1.807, 2.05) is 6.07 Å². The van der Waals surface area contributed by atoms with Crippen LogP contribution in [0.1, 0.15) is 12.8 Å². The summed E-state index contributed by atoms with van der Waals surface area (Å²) in [5.74, 6) is -1.11. The maximum Gasteiger partial charge on any atom is 0.245 e. The molecule has 18 heavy (non-hydrogen) atoms.